The molecule has 0 aliphatic carbocycles. The van der Waals surface area contributed by atoms with Crippen molar-refractivity contribution in [2.75, 3.05) is 32.8 Å². The smallest absolute Gasteiger partial charge is 0.317 e. The SMILES string of the molecule is CCCCOCCCNC(=O)N1CC(C)C(C(=O)O)C1. The first-order valence-corrected chi connectivity index (χ1v) is 7.39. The number of carboxylic acids is 1. The van der Waals surface area contributed by atoms with Gasteiger partial charge in [0, 0.05) is 32.8 Å². The number of rotatable bonds is 8. The molecule has 1 fully saturated rings. The van der Waals surface area contributed by atoms with E-state index in [2.05, 4.69) is 12.2 Å². The van der Waals surface area contributed by atoms with Gasteiger partial charge in [-0.3, -0.25) is 4.79 Å². The van der Waals surface area contributed by atoms with Gasteiger partial charge in [0.25, 0.3) is 0 Å². The molecular formula is C14H26N2O4. The van der Waals surface area contributed by atoms with E-state index in [0.717, 1.165) is 25.9 Å². The number of nitrogens with zero attached hydrogens (tertiary/aromatic N) is 1. The van der Waals surface area contributed by atoms with Gasteiger partial charge in [-0.05, 0) is 18.8 Å². The fraction of sp³-hybridized carbons (Fsp3) is 0.857. The molecule has 0 saturated carbocycles. The number of hydrogen-bond acceptors (Lipinski definition) is 3. The molecule has 1 aliphatic heterocycles. The molecule has 20 heavy (non-hydrogen) atoms. The normalized spacial score (nSPS) is 22.0. The molecule has 0 radical (unpaired) electrons. The van der Waals surface area contributed by atoms with Crippen LogP contribution in [-0.2, 0) is 9.53 Å². The lowest BCUT2D eigenvalue weighted by atomic mass is 9.99. The maximum Gasteiger partial charge on any atom is 0.317 e. The molecule has 1 saturated heterocycles. The second kappa shape index (κ2) is 8.79. The van der Waals surface area contributed by atoms with Crippen LogP contribution in [0.4, 0.5) is 4.79 Å². The molecule has 6 heteroatoms. The Morgan fingerprint density at radius 3 is 2.60 bits per heavy atom. The van der Waals surface area contributed by atoms with Crippen LogP contribution in [-0.4, -0.2) is 54.9 Å². The van der Waals surface area contributed by atoms with Crippen molar-refractivity contribution in [1.29, 1.82) is 0 Å². The third-order valence-corrected chi connectivity index (χ3v) is 3.60. The molecule has 0 aromatic rings. The first-order chi connectivity index (χ1) is 9.56. The number of nitrogens with one attached hydrogen (secondary N) is 1. The van der Waals surface area contributed by atoms with Crippen LogP contribution < -0.4 is 5.32 Å². The summed E-state index contributed by atoms with van der Waals surface area (Å²) in [5.74, 6) is -1.26. The van der Waals surface area contributed by atoms with E-state index in [0.29, 0.717) is 26.2 Å². The fourth-order valence-electron chi connectivity index (χ4n) is 2.28. The molecule has 2 N–H and O–H groups in total. The monoisotopic (exact) mass is 286 g/mol. The van der Waals surface area contributed by atoms with Crippen LogP contribution in [0.25, 0.3) is 0 Å². The summed E-state index contributed by atoms with van der Waals surface area (Å²) in [5, 5.41) is 11.8. The Bertz CT molecular complexity index is 322. The van der Waals surface area contributed by atoms with Gasteiger partial charge < -0.3 is 20.1 Å². The van der Waals surface area contributed by atoms with Gasteiger partial charge in [-0.25, -0.2) is 4.79 Å². The van der Waals surface area contributed by atoms with Gasteiger partial charge in [-0.2, -0.15) is 0 Å². The molecule has 1 heterocycles. The Morgan fingerprint density at radius 2 is 2.00 bits per heavy atom. The highest BCUT2D eigenvalue weighted by molar-refractivity contribution is 5.77. The fourth-order valence-corrected chi connectivity index (χ4v) is 2.28. The summed E-state index contributed by atoms with van der Waals surface area (Å²) in [5.41, 5.74) is 0. The lowest BCUT2D eigenvalue weighted by Gasteiger charge is -2.16. The van der Waals surface area contributed by atoms with Crippen LogP contribution >= 0.6 is 0 Å². The summed E-state index contributed by atoms with van der Waals surface area (Å²) in [6.07, 6.45) is 2.96. The van der Waals surface area contributed by atoms with E-state index in [-0.39, 0.29) is 11.9 Å². The second-order valence-corrected chi connectivity index (χ2v) is 5.38. The number of amides is 2. The van der Waals surface area contributed by atoms with Crippen LogP contribution in [0.5, 0.6) is 0 Å². The van der Waals surface area contributed by atoms with E-state index >= 15 is 0 Å². The summed E-state index contributed by atoms with van der Waals surface area (Å²) in [7, 11) is 0. The zero-order chi connectivity index (χ0) is 15.0. The second-order valence-electron chi connectivity index (χ2n) is 5.38. The number of urea groups is 1. The van der Waals surface area contributed by atoms with Gasteiger partial charge in [-0.1, -0.05) is 20.3 Å². The van der Waals surface area contributed by atoms with E-state index in [4.69, 9.17) is 9.84 Å². The predicted octanol–water partition coefficient (Wildman–Crippen LogP) is 1.56. The maximum atomic E-state index is 11.9. The first-order valence-electron chi connectivity index (χ1n) is 7.39. The maximum absolute atomic E-state index is 11.9. The Labute approximate surface area is 120 Å². The van der Waals surface area contributed by atoms with Crippen molar-refractivity contribution in [3.8, 4) is 0 Å². The van der Waals surface area contributed by atoms with Crippen molar-refractivity contribution in [2.24, 2.45) is 11.8 Å². The molecule has 0 bridgehead atoms. The Morgan fingerprint density at radius 1 is 1.30 bits per heavy atom. The Kier molecular flexibility index (Phi) is 7.36. The van der Waals surface area contributed by atoms with Crippen LogP contribution in [0.2, 0.25) is 0 Å². The minimum absolute atomic E-state index is 0.00984. The highest BCUT2D eigenvalue weighted by Crippen LogP contribution is 2.22. The number of likely N-dealkylation sites (tertiary alicyclic amines) is 1. The average Bonchev–Trinajstić information content (AvgIpc) is 2.80. The number of hydrogen-bond donors (Lipinski definition) is 2. The largest absolute Gasteiger partial charge is 0.481 e. The lowest BCUT2D eigenvalue weighted by Crippen LogP contribution is -2.39. The van der Waals surface area contributed by atoms with Crippen LogP contribution in [0, 0.1) is 11.8 Å². The summed E-state index contributed by atoms with van der Waals surface area (Å²) in [4.78, 5) is 24.5. The average molecular weight is 286 g/mol. The van der Waals surface area contributed by atoms with Gasteiger partial charge in [-0.15, -0.1) is 0 Å². The quantitative estimate of drug-likeness (QED) is 0.664. The zero-order valence-corrected chi connectivity index (χ0v) is 12.4. The number of carbonyl (C=O) groups is 2. The van der Waals surface area contributed by atoms with Crippen molar-refractivity contribution in [3.05, 3.63) is 0 Å². The number of ether oxygens (including phenoxy) is 1. The van der Waals surface area contributed by atoms with Crippen LogP contribution in [0.15, 0.2) is 0 Å². The number of aliphatic carboxylic acids is 1. The molecule has 2 amide bonds. The summed E-state index contributed by atoms with van der Waals surface area (Å²) in [6.45, 7) is 6.78. The lowest BCUT2D eigenvalue weighted by molar-refractivity contribution is -0.142. The number of unbranched alkanes of at least 4 members (excludes halogenated alkanes) is 1. The molecule has 1 aliphatic rings. The van der Waals surface area contributed by atoms with Gasteiger partial charge in [0.15, 0.2) is 0 Å². The number of carboxylic acid groups (broad SMARTS) is 1. The van der Waals surface area contributed by atoms with Gasteiger partial charge in [0.2, 0.25) is 0 Å². The standard InChI is InChI=1S/C14H26N2O4/c1-3-4-7-20-8-5-6-15-14(19)16-9-11(2)12(10-16)13(17)18/h11-12H,3-10H2,1-2H3,(H,15,19)(H,17,18). The van der Waals surface area contributed by atoms with E-state index in [9.17, 15) is 9.59 Å². The molecule has 0 spiro atoms. The van der Waals surface area contributed by atoms with Crippen molar-refractivity contribution < 1.29 is 19.4 Å². The minimum Gasteiger partial charge on any atom is -0.481 e. The Hall–Kier alpha value is -1.30. The molecule has 0 aromatic carbocycles. The molecule has 0 aromatic heterocycles. The summed E-state index contributed by atoms with van der Waals surface area (Å²) < 4.78 is 5.40. The third-order valence-electron chi connectivity index (χ3n) is 3.60. The predicted molar refractivity (Wildman–Crippen MR) is 75.6 cm³/mol. The first kappa shape index (κ1) is 16.8. The van der Waals surface area contributed by atoms with Crippen LogP contribution in [0.1, 0.15) is 33.1 Å². The molecular weight excluding hydrogens is 260 g/mol. The minimum atomic E-state index is -0.822. The van der Waals surface area contributed by atoms with Crippen molar-refractivity contribution in [3.63, 3.8) is 0 Å². The van der Waals surface area contributed by atoms with Crippen molar-refractivity contribution in [2.45, 2.75) is 33.1 Å². The highest BCUT2D eigenvalue weighted by atomic mass is 16.5. The van der Waals surface area contributed by atoms with E-state index < -0.39 is 11.9 Å². The molecule has 1 rings (SSSR count). The molecule has 6 nitrogen and oxygen atoms in total. The Balaban J connectivity index is 2.13. The summed E-state index contributed by atoms with van der Waals surface area (Å²) in [6, 6.07) is -0.172. The molecule has 116 valence electrons. The van der Waals surface area contributed by atoms with Gasteiger partial charge in [0.1, 0.15) is 0 Å². The van der Waals surface area contributed by atoms with Crippen molar-refractivity contribution in [1.82, 2.24) is 10.2 Å². The topological polar surface area (TPSA) is 78.9 Å². The highest BCUT2D eigenvalue weighted by Gasteiger charge is 2.36. The van der Waals surface area contributed by atoms with Gasteiger partial charge in [0.05, 0.1) is 5.92 Å². The van der Waals surface area contributed by atoms with E-state index in [1.54, 1.807) is 4.90 Å². The summed E-state index contributed by atoms with van der Waals surface area (Å²) >= 11 is 0. The third kappa shape index (κ3) is 5.36. The zero-order valence-electron chi connectivity index (χ0n) is 12.4. The molecule has 2 unspecified atom stereocenters. The van der Waals surface area contributed by atoms with E-state index in [1.165, 1.54) is 0 Å². The molecule has 2 atom stereocenters. The number of carbonyl (C=O) groups excluding carboxylic acids is 1. The van der Waals surface area contributed by atoms with Crippen LogP contribution in [0.3, 0.4) is 0 Å². The van der Waals surface area contributed by atoms with Crippen molar-refractivity contribution >= 4 is 12.0 Å². The van der Waals surface area contributed by atoms with Gasteiger partial charge >= 0.3 is 12.0 Å². The van der Waals surface area contributed by atoms with E-state index in [1.807, 2.05) is 6.92 Å².